The molecule has 1 fully saturated rings. The van der Waals surface area contributed by atoms with E-state index >= 15 is 0 Å². The van der Waals surface area contributed by atoms with Crippen LogP contribution in [-0.2, 0) is 24.2 Å². The molecule has 3 atom stereocenters. The van der Waals surface area contributed by atoms with Gasteiger partial charge in [-0.2, -0.15) is 0 Å². The summed E-state index contributed by atoms with van der Waals surface area (Å²) in [7, 11) is -2.30. The largest absolute Gasteiger partial charge is 0.496 e. The van der Waals surface area contributed by atoms with E-state index < -0.39 is 33.8 Å². The first-order valence-electron chi connectivity index (χ1n) is 16.3. The average Bonchev–Trinajstić information content (AvgIpc) is 3.11. The van der Waals surface area contributed by atoms with Crippen LogP contribution in [0.25, 0.3) is 0 Å². The molecule has 1 saturated heterocycles. The third-order valence-electron chi connectivity index (χ3n) is 7.90. The number of hydrogen-bond donors (Lipinski definition) is 4. The Morgan fingerprint density at radius 1 is 1.19 bits per heavy atom. The average molecular weight is 696 g/mol. The zero-order chi connectivity index (χ0) is 34.8. The van der Waals surface area contributed by atoms with Crippen molar-refractivity contribution in [1.29, 1.82) is 0 Å². The number of piperidine rings is 1. The van der Waals surface area contributed by atoms with Gasteiger partial charge in [-0.05, 0) is 85.4 Å². The van der Waals surface area contributed by atoms with E-state index in [0.717, 1.165) is 31.5 Å². The molecule has 0 saturated carbocycles. The Labute approximate surface area is 284 Å². The molecule has 3 aliphatic rings. The second-order valence-corrected chi connectivity index (χ2v) is 16.3. The van der Waals surface area contributed by atoms with Gasteiger partial charge >= 0.3 is 12.2 Å². The van der Waals surface area contributed by atoms with Crippen molar-refractivity contribution in [3.63, 3.8) is 0 Å². The fourth-order valence-electron chi connectivity index (χ4n) is 5.39. The van der Waals surface area contributed by atoms with Crippen LogP contribution in [0.3, 0.4) is 0 Å². The first-order valence-corrected chi connectivity index (χ1v) is 18.7. The van der Waals surface area contributed by atoms with Crippen molar-refractivity contribution in [2.24, 2.45) is 16.8 Å². The number of nitrogens with one attached hydrogen (secondary N) is 4. The van der Waals surface area contributed by atoms with Gasteiger partial charge in [-0.3, -0.25) is 10.3 Å². The van der Waals surface area contributed by atoms with E-state index in [1.54, 1.807) is 53.9 Å². The number of nitrogens with zero attached hydrogens (tertiary/aromatic N) is 1. The van der Waals surface area contributed by atoms with Crippen LogP contribution in [0, 0.1) is 11.8 Å². The number of allylic oxidation sites excluding steroid dienone is 3. The Morgan fingerprint density at radius 3 is 2.53 bits per heavy atom. The molecule has 1 aliphatic carbocycles. The molecule has 0 bridgehead atoms. The van der Waals surface area contributed by atoms with E-state index in [2.05, 4.69) is 27.3 Å². The Bertz CT molecular complexity index is 1360. The number of methoxy groups -OCH3 is 1. The number of amides is 2. The van der Waals surface area contributed by atoms with Crippen LogP contribution in [0.4, 0.5) is 9.59 Å². The number of carbonyl (C=O) groups excluding carboxylic acids is 2. The van der Waals surface area contributed by atoms with Gasteiger partial charge in [-0.15, -0.1) is 11.8 Å². The summed E-state index contributed by atoms with van der Waals surface area (Å²) >= 11 is 1.47. The van der Waals surface area contributed by atoms with E-state index in [1.807, 2.05) is 13.0 Å². The molecule has 14 heteroatoms. The van der Waals surface area contributed by atoms with Crippen molar-refractivity contribution < 1.29 is 32.2 Å². The highest BCUT2D eigenvalue weighted by Crippen LogP contribution is 2.33. The van der Waals surface area contributed by atoms with E-state index in [-0.39, 0.29) is 29.4 Å². The number of thioether (sulfide) groups is 1. The maximum atomic E-state index is 13.2. The van der Waals surface area contributed by atoms with E-state index in [9.17, 15) is 18.0 Å². The van der Waals surface area contributed by atoms with Crippen LogP contribution in [-0.4, -0.2) is 81.9 Å². The quantitative estimate of drug-likeness (QED) is 0.230. The third-order valence-corrected chi connectivity index (χ3v) is 10.9. The van der Waals surface area contributed by atoms with Crippen LogP contribution >= 0.6 is 11.8 Å². The highest BCUT2D eigenvalue weighted by atomic mass is 32.2. The Balaban J connectivity index is 1.92. The minimum absolute atomic E-state index is 0.0168. The molecule has 3 rings (SSSR count). The smallest absolute Gasteiger partial charge is 0.411 e. The zero-order valence-corrected chi connectivity index (χ0v) is 30.4. The third kappa shape index (κ3) is 12.6. The van der Waals surface area contributed by atoms with Crippen LogP contribution in [0.2, 0.25) is 0 Å². The van der Waals surface area contributed by atoms with Gasteiger partial charge < -0.3 is 24.8 Å². The first kappa shape index (κ1) is 38.6. The Hall–Kier alpha value is -2.81. The van der Waals surface area contributed by atoms with Gasteiger partial charge in [-0.1, -0.05) is 19.6 Å². The minimum atomic E-state index is -3.86. The lowest BCUT2D eigenvalue weighted by molar-refractivity contribution is 0.112. The second kappa shape index (κ2) is 17.5. The molecule has 264 valence electrons. The van der Waals surface area contributed by atoms with Crippen molar-refractivity contribution in [2.75, 3.05) is 32.6 Å². The van der Waals surface area contributed by atoms with E-state index in [4.69, 9.17) is 19.2 Å². The summed E-state index contributed by atoms with van der Waals surface area (Å²) in [5.41, 5.74) is 0.622. The maximum absolute atomic E-state index is 13.2. The predicted molar refractivity (Wildman–Crippen MR) is 188 cm³/mol. The summed E-state index contributed by atoms with van der Waals surface area (Å²) in [6.07, 6.45) is 7.32. The topological polar surface area (TPSA) is 156 Å². The molecule has 0 aromatic heterocycles. The lowest BCUT2D eigenvalue weighted by atomic mass is 9.92. The Kier molecular flexibility index (Phi) is 14.4. The molecular weight excluding hydrogens is 643 g/mol. The van der Waals surface area contributed by atoms with E-state index in [1.165, 1.54) is 11.8 Å². The summed E-state index contributed by atoms with van der Waals surface area (Å²) in [6, 6.07) is -0.899. The fraction of sp³-hybridized carbons (Fsp3) is 0.667. The number of ether oxygens (including phenoxy) is 3. The number of carbonyl (C=O) groups is 2. The maximum Gasteiger partial charge on any atom is 0.411 e. The van der Waals surface area contributed by atoms with Gasteiger partial charge in [0.15, 0.2) is 0 Å². The zero-order valence-electron chi connectivity index (χ0n) is 28.8. The molecule has 47 heavy (non-hydrogen) atoms. The summed E-state index contributed by atoms with van der Waals surface area (Å²) in [4.78, 5) is 30.5. The van der Waals surface area contributed by atoms with Gasteiger partial charge in [0.1, 0.15) is 5.76 Å². The van der Waals surface area contributed by atoms with Crippen molar-refractivity contribution in [1.82, 2.24) is 20.7 Å². The number of rotatable bonds is 11. The van der Waals surface area contributed by atoms with Gasteiger partial charge in [0.2, 0.25) is 10.0 Å². The molecule has 0 spiro atoms. The van der Waals surface area contributed by atoms with Crippen molar-refractivity contribution in [2.45, 2.75) is 97.4 Å². The van der Waals surface area contributed by atoms with Crippen molar-refractivity contribution >= 4 is 39.0 Å². The summed E-state index contributed by atoms with van der Waals surface area (Å²) in [6.45, 7) is 16.9. The lowest BCUT2D eigenvalue weighted by Gasteiger charge is -2.29. The standard InChI is InChI=1S/C33H53N5O7S2/c1-21(2)45-32(40)35-25-11-9-10-12-26(29(18-25)43-8)30-36-27(17-22(3)47(41,42)38-33(5,6)7)23(4)28(20-46-30)37-31(39)44-19-24-13-15-34-16-14-24/h9,11,18,21,23-24,27-28,34,38H,3,10,12-17,19-20H2,1-2,4-8H3,(H,35,40)(H,37,39)/b11-9-,25-18+,29-26-/t23-,27-,28?/m0/s1. The van der Waals surface area contributed by atoms with Crippen LogP contribution in [0.1, 0.15) is 73.6 Å². The van der Waals surface area contributed by atoms with Gasteiger partial charge in [0, 0.05) is 47.0 Å². The van der Waals surface area contributed by atoms with Crippen LogP contribution in [0.15, 0.2) is 51.7 Å². The molecule has 0 radical (unpaired) electrons. The number of sulfonamides is 1. The molecule has 12 nitrogen and oxygen atoms in total. The highest BCUT2D eigenvalue weighted by molar-refractivity contribution is 8.14. The molecule has 2 amide bonds. The van der Waals surface area contributed by atoms with Crippen molar-refractivity contribution in [3.8, 4) is 0 Å². The molecule has 1 unspecified atom stereocenters. The Morgan fingerprint density at radius 2 is 1.89 bits per heavy atom. The van der Waals surface area contributed by atoms with Crippen LogP contribution < -0.4 is 20.7 Å². The second-order valence-electron chi connectivity index (χ2n) is 13.5. The van der Waals surface area contributed by atoms with Gasteiger partial charge in [0.05, 0.1) is 35.8 Å². The van der Waals surface area contributed by atoms with Gasteiger partial charge in [-0.25, -0.2) is 22.7 Å². The number of alkyl carbamates (subject to hydrolysis) is 2. The molecular formula is C33H53N5O7S2. The SMILES string of the molecule is C=C(C[C@@H]1N=C(/C2=C(OC)/C=C(NC(=O)OC(C)C)\C=C/CC2)SCC(NC(=O)OCC2CCNCC2)[C@H]1C)S(=O)(=O)NC(C)(C)C. The van der Waals surface area contributed by atoms with Crippen LogP contribution in [0.5, 0.6) is 0 Å². The minimum Gasteiger partial charge on any atom is -0.496 e. The van der Waals surface area contributed by atoms with Crippen molar-refractivity contribution in [3.05, 3.63) is 46.7 Å². The predicted octanol–water partition coefficient (Wildman–Crippen LogP) is 5.12. The van der Waals surface area contributed by atoms with Gasteiger partial charge in [0.25, 0.3) is 0 Å². The summed E-state index contributed by atoms with van der Waals surface area (Å²) in [5, 5.41) is 9.80. The fourth-order valence-corrected chi connectivity index (χ4v) is 8.04. The molecule has 0 aromatic rings. The number of aliphatic imine (C=N–C) groups is 1. The molecule has 0 aromatic carbocycles. The number of hydrogen-bond acceptors (Lipinski definition) is 10. The lowest BCUT2D eigenvalue weighted by Crippen LogP contribution is -2.45. The molecule has 4 N–H and O–H groups in total. The summed E-state index contributed by atoms with van der Waals surface area (Å²) < 4.78 is 45.8. The normalized spacial score (nSPS) is 26.4. The van der Waals surface area contributed by atoms with E-state index in [0.29, 0.717) is 47.6 Å². The first-order chi connectivity index (χ1) is 22.1. The molecule has 2 heterocycles. The monoisotopic (exact) mass is 695 g/mol. The summed E-state index contributed by atoms with van der Waals surface area (Å²) in [5.74, 6) is 1.05. The highest BCUT2D eigenvalue weighted by Gasteiger charge is 2.35. The molecule has 2 aliphatic heterocycles.